The number of hydrogen-bond donors (Lipinski definition) is 3. The predicted molar refractivity (Wildman–Crippen MR) is 107 cm³/mol. The molecule has 0 aromatic heterocycles. The van der Waals surface area contributed by atoms with Crippen molar-refractivity contribution >= 4 is 5.97 Å². The minimum atomic E-state index is -0.818. The number of ether oxygens (including phenoxy) is 1. The highest BCUT2D eigenvalue weighted by atomic mass is 16.6. The van der Waals surface area contributed by atoms with Gasteiger partial charge in [0.05, 0.1) is 17.6 Å². The van der Waals surface area contributed by atoms with Crippen molar-refractivity contribution in [2.75, 3.05) is 6.54 Å². The zero-order chi connectivity index (χ0) is 20.4. The summed E-state index contributed by atoms with van der Waals surface area (Å²) in [6.45, 7) is 13.0. The number of aliphatic hydroxyl groups is 2. The van der Waals surface area contributed by atoms with Crippen molar-refractivity contribution in [2.45, 2.75) is 103 Å². The molecule has 27 heavy (non-hydrogen) atoms. The molecule has 2 aliphatic rings. The monoisotopic (exact) mass is 383 g/mol. The average Bonchev–Trinajstić information content (AvgIpc) is 3.29. The summed E-state index contributed by atoms with van der Waals surface area (Å²) in [5.74, 6) is -0.318. The van der Waals surface area contributed by atoms with E-state index < -0.39 is 17.6 Å². The SMILES string of the molecule is CCC1(O)CC(C)CNC(C)CC2CC2(CC)OC(=O)C(C)C(O)C(C)C1. The largest absolute Gasteiger partial charge is 0.458 e. The standard InChI is InChI=1S/C22H41NO4/c1-7-21(26)10-14(3)13-23-16(5)9-18-12-22(18,8-2)27-20(25)17(6)19(24)15(4)11-21/h14-19,23-24,26H,7-13H2,1-6H3. The summed E-state index contributed by atoms with van der Waals surface area (Å²) in [5, 5.41) is 25.4. The molecule has 1 saturated heterocycles. The summed E-state index contributed by atoms with van der Waals surface area (Å²) in [7, 11) is 0. The molecule has 5 nitrogen and oxygen atoms in total. The molecule has 0 amide bonds. The van der Waals surface area contributed by atoms with Gasteiger partial charge in [-0.3, -0.25) is 4.79 Å². The fourth-order valence-electron chi connectivity index (χ4n) is 4.94. The predicted octanol–water partition coefficient (Wildman–Crippen LogP) is 3.27. The van der Waals surface area contributed by atoms with Gasteiger partial charge in [0.15, 0.2) is 0 Å². The van der Waals surface area contributed by atoms with Gasteiger partial charge in [0, 0.05) is 12.0 Å². The number of fused-ring (bicyclic) bond motifs is 1. The Labute approximate surface area is 165 Å². The number of esters is 1. The van der Waals surface area contributed by atoms with E-state index in [0.717, 1.165) is 25.8 Å². The number of carbonyl (C=O) groups excluding carboxylic acids is 1. The number of nitrogens with one attached hydrogen (secondary N) is 1. The van der Waals surface area contributed by atoms with Crippen LogP contribution < -0.4 is 5.32 Å². The van der Waals surface area contributed by atoms with Gasteiger partial charge in [-0.25, -0.2) is 0 Å². The van der Waals surface area contributed by atoms with Crippen LogP contribution in [-0.4, -0.2) is 46.1 Å². The Morgan fingerprint density at radius 2 is 1.78 bits per heavy atom. The lowest BCUT2D eigenvalue weighted by Crippen LogP contribution is -2.41. The van der Waals surface area contributed by atoms with Crippen molar-refractivity contribution in [1.29, 1.82) is 0 Å². The molecule has 0 bridgehead atoms. The maximum absolute atomic E-state index is 12.7. The van der Waals surface area contributed by atoms with Crippen molar-refractivity contribution in [2.24, 2.45) is 23.7 Å². The van der Waals surface area contributed by atoms with E-state index in [-0.39, 0.29) is 17.5 Å². The number of rotatable bonds is 2. The summed E-state index contributed by atoms with van der Waals surface area (Å²) < 4.78 is 5.93. The molecule has 1 aliphatic carbocycles. The van der Waals surface area contributed by atoms with E-state index in [0.29, 0.717) is 37.1 Å². The molecule has 8 atom stereocenters. The molecular weight excluding hydrogens is 342 g/mol. The zero-order valence-corrected chi connectivity index (χ0v) is 18.1. The van der Waals surface area contributed by atoms with E-state index in [1.165, 1.54) is 0 Å². The molecule has 5 heteroatoms. The zero-order valence-electron chi connectivity index (χ0n) is 18.1. The first-order valence-corrected chi connectivity index (χ1v) is 10.9. The number of hydrogen-bond acceptors (Lipinski definition) is 5. The minimum Gasteiger partial charge on any atom is -0.458 e. The Hall–Kier alpha value is -0.650. The lowest BCUT2D eigenvalue weighted by Gasteiger charge is -2.35. The molecule has 8 unspecified atom stereocenters. The number of aliphatic hydroxyl groups excluding tert-OH is 1. The van der Waals surface area contributed by atoms with E-state index in [9.17, 15) is 15.0 Å². The molecule has 0 aromatic rings. The molecule has 0 aromatic carbocycles. The molecule has 0 spiro atoms. The Bertz CT molecular complexity index is 513. The van der Waals surface area contributed by atoms with Crippen LogP contribution >= 0.6 is 0 Å². The quantitative estimate of drug-likeness (QED) is 0.638. The Morgan fingerprint density at radius 3 is 2.37 bits per heavy atom. The molecule has 2 rings (SSSR count). The van der Waals surface area contributed by atoms with E-state index in [4.69, 9.17) is 4.74 Å². The number of carbonyl (C=O) groups is 1. The summed E-state index contributed by atoms with van der Waals surface area (Å²) >= 11 is 0. The molecule has 2 fully saturated rings. The first-order chi connectivity index (χ1) is 12.6. The third-order valence-corrected chi connectivity index (χ3v) is 7.09. The Kier molecular flexibility index (Phi) is 7.37. The van der Waals surface area contributed by atoms with Crippen LogP contribution in [-0.2, 0) is 9.53 Å². The van der Waals surface area contributed by atoms with Gasteiger partial charge in [-0.15, -0.1) is 0 Å². The van der Waals surface area contributed by atoms with Gasteiger partial charge in [-0.2, -0.15) is 0 Å². The van der Waals surface area contributed by atoms with Crippen molar-refractivity contribution < 1.29 is 19.7 Å². The molecule has 1 aliphatic heterocycles. The Morgan fingerprint density at radius 1 is 1.11 bits per heavy atom. The molecule has 1 saturated carbocycles. The fourth-order valence-corrected chi connectivity index (χ4v) is 4.94. The van der Waals surface area contributed by atoms with Gasteiger partial charge >= 0.3 is 5.97 Å². The lowest BCUT2D eigenvalue weighted by atomic mass is 9.78. The summed E-state index contributed by atoms with van der Waals surface area (Å²) in [4.78, 5) is 12.7. The van der Waals surface area contributed by atoms with Crippen LogP contribution in [0.2, 0.25) is 0 Å². The third-order valence-electron chi connectivity index (χ3n) is 7.09. The molecule has 3 N–H and O–H groups in total. The van der Waals surface area contributed by atoms with E-state index in [1.807, 2.05) is 13.8 Å². The first-order valence-electron chi connectivity index (χ1n) is 10.9. The van der Waals surface area contributed by atoms with Crippen molar-refractivity contribution in [3.05, 3.63) is 0 Å². The third kappa shape index (κ3) is 5.45. The van der Waals surface area contributed by atoms with Gasteiger partial charge in [0.2, 0.25) is 0 Å². The molecule has 0 radical (unpaired) electrons. The van der Waals surface area contributed by atoms with E-state index in [1.54, 1.807) is 6.92 Å². The minimum absolute atomic E-state index is 0.172. The van der Waals surface area contributed by atoms with Gasteiger partial charge < -0.3 is 20.3 Å². The first kappa shape index (κ1) is 22.6. The van der Waals surface area contributed by atoms with Crippen LogP contribution in [0.1, 0.15) is 80.1 Å². The highest BCUT2D eigenvalue weighted by Crippen LogP contribution is 2.52. The highest BCUT2D eigenvalue weighted by molar-refractivity contribution is 5.73. The second-order valence-electron chi connectivity index (χ2n) is 9.63. The molecule has 158 valence electrons. The van der Waals surface area contributed by atoms with Crippen LogP contribution in [0.5, 0.6) is 0 Å². The smallest absolute Gasteiger partial charge is 0.311 e. The average molecular weight is 384 g/mol. The van der Waals surface area contributed by atoms with Crippen LogP contribution in [0.3, 0.4) is 0 Å². The van der Waals surface area contributed by atoms with Crippen molar-refractivity contribution in [1.82, 2.24) is 5.32 Å². The maximum atomic E-state index is 12.7. The topological polar surface area (TPSA) is 78.8 Å². The van der Waals surface area contributed by atoms with Crippen LogP contribution in [0.4, 0.5) is 0 Å². The summed E-state index contributed by atoms with van der Waals surface area (Å²) in [5.41, 5.74) is -1.17. The van der Waals surface area contributed by atoms with Gasteiger partial charge in [-0.05, 0) is 70.8 Å². The van der Waals surface area contributed by atoms with Gasteiger partial charge in [0.25, 0.3) is 0 Å². The summed E-state index contributed by atoms with van der Waals surface area (Å²) in [6, 6.07) is 0.353. The van der Waals surface area contributed by atoms with E-state index >= 15 is 0 Å². The van der Waals surface area contributed by atoms with Crippen LogP contribution in [0, 0.1) is 23.7 Å². The molecular formula is C22H41NO4. The summed E-state index contributed by atoms with van der Waals surface area (Å²) in [6.07, 6.45) is 3.75. The highest BCUT2D eigenvalue weighted by Gasteiger charge is 2.57. The van der Waals surface area contributed by atoms with Crippen molar-refractivity contribution in [3.63, 3.8) is 0 Å². The molecule has 1 heterocycles. The lowest BCUT2D eigenvalue weighted by molar-refractivity contribution is -0.162. The van der Waals surface area contributed by atoms with Gasteiger partial charge in [0.1, 0.15) is 5.60 Å². The van der Waals surface area contributed by atoms with Crippen LogP contribution in [0.15, 0.2) is 0 Å². The maximum Gasteiger partial charge on any atom is 0.311 e. The Balaban J connectivity index is 2.20. The fraction of sp³-hybridized carbons (Fsp3) is 0.955. The van der Waals surface area contributed by atoms with E-state index in [2.05, 4.69) is 26.1 Å². The van der Waals surface area contributed by atoms with Gasteiger partial charge in [-0.1, -0.05) is 27.7 Å². The second-order valence-corrected chi connectivity index (χ2v) is 9.63. The van der Waals surface area contributed by atoms with Crippen LogP contribution in [0.25, 0.3) is 0 Å². The van der Waals surface area contributed by atoms with Crippen molar-refractivity contribution in [3.8, 4) is 0 Å². The second kappa shape index (κ2) is 8.79. The normalized spacial score (nSPS) is 47.3.